The van der Waals surface area contributed by atoms with Gasteiger partial charge in [0.1, 0.15) is 0 Å². The minimum absolute atomic E-state index is 0.0419. The van der Waals surface area contributed by atoms with E-state index in [4.69, 9.17) is 0 Å². The van der Waals surface area contributed by atoms with Gasteiger partial charge in [-0.15, -0.1) is 0 Å². The zero-order valence-corrected chi connectivity index (χ0v) is 13.1. The van der Waals surface area contributed by atoms with Crippen LogP contribution in [-0.2, 0) is 0 Å². The Morgan fingerprint density at radius 2 is 1.85 bits per heavy atom. The summed E-state index contributed by atoms with van der Waals surface area (Å²) < 4.78 is 0. The first-order valence-electron chi connectivity index (χ1n) is 7.10. The minimum atomic E-state index is -0.0419. The molecule has 0 aliphatic heterocycles. The van der Waals surface area contributed by atoms with Crippen LogP contribution in [-0.4, -0.2) is 30.7 Å². The Bertz CT molecular complexity index is 569. The van der Waals surface area contributed by atoms with Gasteiger partial charge in [-0.3, -0.25) is 4.99 Å². The summed E-state index contributed by atoms with van der Waals surface area (Å²) in [7, 11) is 4.19. The van der Waals surface area contributed by atoms with Crippen molar-refractivity contribution in [3.63, 3.8) is 0 Å². The monoisotopic (exact) mass is 268 g/mol. The normalized spacial score (nSPS) is 15.4. The molecule has 1 aliphatic rings. The van der Waals surface area contributed by atoms with Crippen molar-refractivity contribution < 1.29 is 0 Å². The van der Waals surface area contributed by atoms with Crippen molar-refractivity contribution in [3.05, 3.63) is 53.2 Å². The number of likely N-dealkylation sites (N-methyl/N-ethyl adjacent to an activating group) is 1. The van der Waals surface area contributed by atoms with E-state index in [0.29, 0.717) is 0 Å². The number of rotatable bonds is 3. The van der Waals surface area contributed by atoms with Crippen LogP contribution >= 0.6 is 0 Å². The van der Waals surface area contributed by atoms with Gasteiger partial charge in [0.25, 0.3) is 0 Å². The average molecular weight is 268 g/mol. The molecule has 0 saturated heterocycles. The van der Waals surface area contributed by atoms with Crippen LogP contribution in [0.15, 0.2) is 47.1 Å². The molecule has 0 radical (unpaired) electrons. The zero-order chi connectivity index (χ0) is 14.8. The molecule has 0 amide bonds. The largest absolute Gasteiger partial charge is 0.377 e. The van der Waals surface area contributed by atoms with E-state index < -0.39 is 0 Å². The van der Waals surface area contributed by atoms with Gasteiger partial charge in [-0.05, 0) is 50.0 Å². The molecule has 0 fully saturated rings. The first-order chi connectivity index (χ1) is 9.38. The lowest BCUT2D eigenvalue weighted by molar-refractivity contribution is 0.533. The average Bonchev–Trinajstić information content (AvgIpc) is 2.85. The second kappa shape index (κ2) is 5.66. The van der Waals surface area contributed by atoms with Crippen LogP contribution in [0.3, 0.4) is 0 Å². The number of benzene rings is 1. The fourth-order valence-electron chi connectivity index (χ4n) is 2.31. The molecule has 0 atom stereocenters. The molecule has 1 aromatic carbocycles. The van der Waals surface area contributed by atoms with Crippen molar-refractivity contribution in [2.45, 2.75) is 32.7 Å². The molecule has 0 bridgehead atoms. The van der Waals surface area contributed by atoms with E-state index >= 15 is 0 Å². The summed E-state index contributed by atoms with van der Waals surface area (Å²) in [6.45, 7) is 6.36. The van der Waals surface area contributed by atoms with E-state index in [1.165, 1.54) is 22.4 Å². The molecule has 2 nitrogen and oxygen atoms in total. The van der Waals surface area contributed by atoms with Gasteiger partial charge in [-0.2, -0.15) is 0 Å². The summed E-state index contributed by atoms with van der Waals surface area (Å²) in [4.78, 5) is 6.82. The molecule has 106 valence electrons. The standard InChI is InChI=1S/C18H24N2/c1-18(2,3)19-13-14-9-6-7-10-15(14)16-11-8-12-17(16)20(4)5/h6-10,12-13H,11H2,1-5H3/b19-13+. The molecular weight excluding hydrogens is 244 g/mol. The third-order valence-corrected chi connectivity index (χ3v) is 3.27. The van der Waals surface area contributed by atoms with Crippen molar-refractivity contribution in [1.29, 1.82) is 0 Å². The molecule has 0 N–H and O–H groups in total. The highest BCUT2D eigenvalue weighted by molar-refractivity contribution is 5.90. The third-order valence-electron chi connectivity index (χ3n) is 3.27. The maximum absolute atomic E-state index is 4.65. The molecule has 0 unspecified atom stereocenters. The predicted octanol–water partition coefficient (Wildman–Crippen LogP) is 4.14. The Morgan fingerprint density at radius 1 is 1.15 bits per heavy atom. The molecule has 0 heterocycles. The summed E-state index contributed by atoms with van der Waals surface area (Å²) in [6.07, 6.45) is 7.43. The second-order valence-corrected chi connectivity index (χ2v) is 6.38. The smallest absolute Gasteiger partial charge is 0.0524 e. The van der Waals surface area contributed by atoms with Crippen molar-refractivity contribution in [2.24, 2.45) is 4.99 Å². The van der Waals surface area contributed by atoms with Crippen LogP contribution in [0.25, 0.3) is 5.57 Å². The molecule has 0 aromatic heterocycles. The fourth-order valence-corrected chi connectivity index (χ4v) is 2.31. The first kappa shape index (κ1) is 14.6. The summed E-state index contributed by atoms with van der Waals surface area (Å²) in [5.74, 6) is 0. The topological polar surface area (TPSA) is 15.6 Å². The highest BCUT2D eigenvalue weighted by Crippen LogP contribution is 2.31. The zero-order valence-electron chi connectivity index (χ0n) is 13.1. The van der Waals surface area contributed by atoms with E-state index in [1.54, 1.807) is 0 Å². The fraction of sp³-hybridized carbons (Fsp3) is 0.389. The number of hydrogen-bond donors (Lipinski definition) is 0. The SMILES string of the molecule is CN(C)C1=C(c2ccccc2/C=N/C(C)(C)C)CC=C1. The van der Waals surface area contributed by atoms with Crippen LogP contribution in [0.2, 0.25) is 0 Å². The number of nitrogens with zero attached hydrogens (tertiary/aromatic N) is 2. The van der Waals surface area contributed by atoms with Crippen LogP contribution in [0.4, 0.5) is 0 Å². The Morgan fingerprint density at radius 3 is 2.50 bits per heavy atom. The summed E-state index contributed by atoms with van der Waals surface area (Å²) in [5, 5.41) is 0. The number of hydrogen-bond acceptors (Lipinski definition) is 2. The van der Waals surface area contributed by atoms with Gasteiger partial charge >= 0.3 is 0 Å². The second-order valence-electron chi connectivity index (χ2n) is 6.38. The van der Waals surface area contributed by atoms with Gasteiger partial charge < -0.3 is 4.90 Å². The highest BCUT2D eigenvalue weighted by atomic mass is 15.1. The predicted molar refractivity (Wildman–Crippen MR) is 88.2 cm³/mol. The highest BCUT2D eigenvalue weighted by Gasteiger charge is 2.15. The van der Waals surface area contributed by atoms with Crippen LogP contribution in [0.5, 0.6) is 0 Å². The Labute approximate surface area is 122 Å². The summed E-state index contributed by atoms with van der Waals surface area (Å²) >= 11 is 0. The van der Waals surface area contributed by atoms with Crippen molar-refractivity contribution >= 4 is 11.8 Å². The van der Waals surface area contributed by atoms with Crippen LogP contribution in [0.1, 0.15) is 38.3 Å². The van der Waals surface area contributed by atoms with Crippen molar-refractivity contribution in [2.75, 3.05) is 14.1 Å². The van der Waals surface area contributed by atoms with Crippen molar-refractivity contribution in [3.8, 4) is 0 Å². The maximum Gasteiger partial charge on any atom is 0.0524 e. The third kappa shape index (κ3) is 3.38. The molecule has 0 saturated carbocycles. The lowest BCUT2D eigenvalue weighted by Gasteiger charge is -2.17. The van der Waals surface area contributed by atoms with E-state index in [2.05, 4.69) is 81.2 Å². The van der Waals surface area contributed by atoms with Crippen LogP contribution < -0.4 is 0 Å². The van der Waals surface area contributed by atoms with E-state index in [9.17, 15) is 0 Å². The molecule has 1 aromatic rings. The Balaban J connectivity index is 2.44. The first-order valence-corrected chi connectivity index (χ1v) is 7.10. The Kier molecular flexibility index (Phi) is 4.12. The van der Waals surface area contributed by atoms with Crippen LogP contribution in [0, 0.1) is 0 Å². The summed E-state index contributed by atoms with van der Waals surface area (Å²) in [6, 6.07) is 8.51. The Hall–Kier alpha value is -1.83. The lowest BCUT2D eigenvalue weighted by Crippen LogP contribution is -2.11. The number of aliphatic imine (C=N–C) groups is 1. The van der Waals surface area contributed by atoms with Crippen molar-refractivity contribution in [1.82, 2.24) is 4.90 Å². The van der Waals surface area contributed by atoms with E-state index in [1.807, 2.05) is 6.21 Å². The quantitative estimate of drug-likeness (QED) is 0.752. The molecule has 2 heteroatoms. The van der Waals surface area contributed by atoms with E-state index in [-0.39, 0.29) is 5.54 Å². The molecule has 2 rings (SSSR count). The lowest BCUT2D eigenvalue weighted by atomic mass is 9.98. The minimum Gasteiger partial charge on any atom is -0.377 e. The van der Waals surface area contributed by atoms with Gasteiger partial charge in [0.05, 0.1) is 5.54 Å². The molecule has 20 heavy (non-hydrogen) atoms. The molecule has 0 spiro atoms. The number of allylic oxidation sites excluding steroid dienone is 3. The molecule has 1 aliphatic carbocycles. The van der Waals surface area contributed by atoms with Gasteiger partial charge in [0.2, 0.25) is 0 Å². The molecular formula is C18H24N2. The van der Waals surface area contributed by atoms with Gasteiger partial charge in [-0.1, -0.05) is 30.3 Å². The summed E-state index contributed by atoms with van der Waals surface area (Å²) in [5.41, 5.74) is 5.11. The van der Waals surface area contributed by atoms with Gasteiger partial charge in [0.15, 0.2) is 0 Å². The van der Waals surface area contributed by atoms with Gasteiger partial charge in [-0.25, -0.2) is 0 Å². The maximum atomic E-state index is 4.65. The van der Waals surface area contributed by atoms with Gasteiger partial charge in [0, 0.05) is 26.0 Å². The van der Waals surface area contributed by atoms with E-state index in [0.717, 1.165) is 6.42 Å².